The lowest BCUT2D eigenvalue weighted by Gasteiger charge is -2.11. The highest BCUT2D eigenvalue weighted by molar-refractivity contribution is 5.78. The van der Waals surface area contributed by atoms with Gasteiger partial charge >= 0.3 is 0 Å². The van der Waals surface area contributed by atoms with E-state index in [0.29, 0.717) is 17.3 Å². The Bertz CT molecular complexity index is 526. The molecule has 5 nitrogen and oxygen atoms in total. The van der Waals surface area contributed by atoms with Crippen LogP contribution in [0.25, 0.3) is 11.1 Å². The molecule has 0 saturated heterocycles. The SMILES string of the molecule is Cc1ccc(-c2c(N)ncnc2OCCO)cc1. The summed E-state index contributed by atoms with van der Waals surface area (Å²) < 4.78 is 5.37. The number of nitrogens with two attached hydrogens (primary N) is 1. The summed E-state index contributed by atoms with van der Waals surface area (Å²) in [5.74, 6) is 0.752. The molecule has 0 saturated carbocycles. The molecule has 1 aromatic carbocycles. The van der Waals surface area contributed by atoms with E-state index in [4.69, 9.17) is 15.6 Å². The smallest absolute Gasteiger partial charge is 0.226 e. The molecule has 2 rings (SSSR count). The van der Waals surface area contributed by atoms with E-state index in [0.717, 1.165) is 11.1 Å². The van der Waals surface area contributed by atoms with Gasteiger partial charge in [-0.25, -0.2) is 9.97 Å². The number of nitrogen functional groups attached to an aromatic ring is 1. The first-order chi connectivity index (χ1) is 8.72. The lowest BCUT2D eigenvalue weighted by Crippen LogP contribution is -2.06. The van der Waals surface area contributed by atoms with Crippen LogP contribution in [0.2, 0.25) is 0 Å². The van der Waals surface area contributed by atoms with E-state index in [-0.39, 0.29) is 13.2 Å². The highest BCUT2D eigenvalue weighted by atomic mass is 16.5. The van der Waals surface area contributed by atoms with Gasteiger partial charge in [0.2, 0.25) is 5.88 Å². The number of hydrogen-bond donors (Lipinski definition) is 2. The summed E-state index contributed by atoms with van der Waals surface area (Å²) in [4.78, 5) is 8.02. The summed E-state index contributed by atoms with van der Waals surface area (Å²) >= 11 is 0. The summed E-state index contributed by atoms with van der Waals surface area (Å²) in [7, 11) is 0. The van der Waals surface area contributed by atoms with Crippen LogP contribution in [-0.4, -0.2) is 28.3 Å². The summed E-state index contributed by atoms with van der Waals surface area (Å²) in [5, 5.41) is 8.80. The maximum atomic E-state index is 8.80. The predicted molar refractivity (Wildman–Crippen MR) is 69.2 cm³/mol. The number of benzene rings is 1. The van der Waals surface area contributed by atoms with Gasteiger partial charge in [-0.05, 0) is 12.5 Å². The Balaban J connectivity index is 2.44. The van der Waals surface area contributed by atoms with Gasteiger partial charge in [0.1, 0.15) is 18.8 Å². The third-order valence-electron chi connectivity index (χ3n) is 2.51. The molecule has 18 heavy (non-hydrogen) atoms. The average molecular weight is 245 g/mol. The first-order valence-electron chi connectivity index (χ1n) is 5.63. The van der Waals surface area contributed by atoms with Gasteiger partial charge in [0, 0.05) is 0 Å². The van der Waals surface area contributed by atoms with Crippen LogP contribution >= 0.6 is 0 Å². The molecule has 0 aliphatic carbocycles. The Kier molecular flexibility index (Phi) is 3.74. The van der Waals surface area contributed by atoms with Crippen molar-refractivity contribution in [2.45, 2.75) is 6.92 Å². The number of aryl methyl sites for hydroxylation is 1. The van der Waals surface area contributed by atoms with Crippen LogP contribution in [0.5, 0.6) is 5.88 Å². The minimum atomic E-state index is -0.0722. The number of rotatable bonds is 4. The number of aromatic nitrogens is 2. The fourth-order valence-corrected chi connectivity index (χ4v) is 1.63. The standard InChI is InChI=1S/C13H15N3O2/c1-9-2-4-10(5-3-9)11-12(14)15-8-16-13(11)18-7-6-17/h2-5,8,17H,6-7H2,1H3,(H2,14,15,16). The summed E-state index contributed by atoms with van der Waals surface area (Å²) in [5.41, 5.74) is 8.58. The Morgan fingerprint density at radius 3 is 2.61 bits per heavy atom. The van der Waals surface area contributed by atoms with Crippen molar-refractivity contribution in [2.24, 2.45) is 0 Å². The highest BCUT2D eigenvalue weighted by Gasteiger charge is 2.12. The Hall–Kier alpha value is -2.14. The van der Waals surface area contributed by atoms with E-state index in [2.05, 4.69) is 9.97 Å². The third kappa shape index (κ3) is 2.57. The lowest BCUT2D eigenvalue weighted by molar-refractivity contribution is 0.197. The second kappa shape index (κ2) is 5.46. The van der Waals surface area contributed by atoms with E-state index >= 15 is 0 Å². The van der Waals surface area contributed by atoms with E-state index in [9.17, 15) is 0 Å². The fourth-order valence-electron chi connectivity index (χ4n) is 1.63. The first-order valence-corrected chi connectivity index (χ1v) is 5.63. The minimum Gasteiger partial charge on any atom is -0.475 e. The topological polar surface area (TPSA) is 81.3 Å². The summed E-state index contributed by atoms with van der Waals surface area (Å²) in [6, 6.07) is 7.85. The molecule has 1 aromatic heterocycles. The second-order valence-corrected chi connectivity index (χ2v) is 3.88. The molecule has 0 amide bonds. The van der Waals surface area contributed by atoms with Gasteiger partial charge in [-0.15, -0.1) is 0 Å². The zero-order chi connectivity index (χ0) is 13.0. The van der Waals surface area contributed by atoms with Gasteiger partial charge < -0.3 is 15.6 Å². The number of hydrogen-bond acceptors (Lipinski definition) is 5. The normalized spacial score (nSPS) is 10.3. The van der Waals surface area contributed by atoms with E-state index in [1.54, 1.807) is 0 Å². The molecule has 0 bridgehead atoms. The molecule has 0 radical (unpaired) electrons. The molecule has 0 fully saturated rings. The number of anilines is 1. The molecule has 0 spiro atoms. The molecule has 0 atom stereocenters. The Labute approximate surface area is 105 Å². The van der Waals surface area contributed by atoms with Crippen molar-refractivity contribution in [1.29, 1.82) is 0 Å². The van der Waals surface area contributed by atoms with Crippen molar-refractivity contribution >= 4 is 5.82 Å². The van der Waals surface area contributed by atoms with Gasteiger partial charge in [-0.1, -0.05) is 29.8 Å². The molecule has 2 aromatic rings. The van der Waals surface area contributed by atoms with E-state index in [1.807, 2.05) is 31.2 Å². The van der Waals surface area contributed by atoms with Crippen molar-refractivity contribution in [2.75, 3.05) is 18.9 Å². The Morgan fingerprint density at radius 1 is 1.22 bits per heavy atom. The van der Waals surface area contributed by atoms with Crippen molar-refractivity contribution in [3.8, 4) is 17.0 Å². The van der Waals surface area contributed by atoms with Crippen LogP contribution in [0, 0.1) is 6.92 Å². The maximum absolute atomic E-state index is 8.80. The zero-order valence-electron chi connectivity index (χ0n) is 10.1. The summed E-state index contributed by atoms with van der Waals surface area (Å²) in [6.45, 7) is 2.12. The molecule has 0 unspecified atom stereocenters. The van der Waals surface area contributed by atoms with Crippen molar-refractivity contribution < 1.29 is 9.84 Å². The summed E-state index contributed by atoms with van der Waals surface area (Å²) in [6.07, 6.45) is 1.35. The molecular formula is C13H15N3O2. The van der Waals surface area contributed by atoms with Gasteiger partial charge in [0.05, 0.1) is 12.2 Å². The molecule has 5 heteroatoms. The fraction of sp³-hybridized carbons (Fsp3) is 0.231. The van der Waals surface area contributed by atoms with Crippen LogP contribution in [0.3, 0.4) is 0 Å². The van der Waals surface area contributed by atoms with Gasteiger partial charge in [-0.3, -0.25) is 0 Å². The van der Waals surface area contributed by atoms with Gasteiger partial charge in [0.25, 0.3) is 0 Å². The number of aliphatic hydroxyl groups is 1. The van der Waals surface area contributed by atoms with Gasteiger partial charge in [0.15, 0.2) is 0 Å². The van der Waals surface area contributed by atoms with Gasteiger partial charge in [-0.2, -0.15) is 0 Å². The molecule has 0 aliphatic heterocycles. The number of nitrogens with zero attached hydrogens (tertiary/aromatic N) is 2. The van der Waals surface area contributed by atoms with Crippen molar-refractivity contribution in [3.63, 3.8) is 0 Å². The quantitative estimate of drug-likeness (QED) is 0.851. The number of aliphatic hydroxyl groups excluding tert-OH is 1. The zero-order valence-corrected chi connectivity index (χ0v) is 10.1. The number of ether oxygens (including phenoxy) is 1. The predicted octanol–water partition coefficient (Wildman–Crippen LogP) is 1.41. The van der Waals surface area contributed by atoms with Crippen LogP contribution in [-0.2, 0) is 0 Å². The lowest BCUT2D eigenvalue weighted by atomic mass is 10.1. The highest BCUT2D eigenvalue weighted by Crippen LogP contribution is 2.32. The minimum absolute atomic E-state index is 0.0722. The molecular weight excluding hydrogens is 230 g/mol. The van der Waals surface area contributed by atoms with E-state index in [1.165, 1.54) is 6.33 Å². The molecule has 94 valence electrons. The first kappa shape index (κ1) is 12.3. The van der Waals surface area contributed by atoms with Crippen molar-refractivity contribution in [3.05, 3.63) is 36.2 Å². The average Bonchev–Trinajstić information content (AvgIpc) is 2.38. The molecule has 3 N–H and O–H groups in total. The monoisotopic (exact) mass is 245 g/mol. The Morgan fingerprint density at radius 2 is 1.94 bits per heavy atom. The second-order valence-electron chi connectivity index (χ2n) is 3.88. The van der Waals surface area contributed by atoms with Crippen molar-refractivity contribution in [1.82, 2.24) is 9.97 Å². The third-order valence-corrected chi connectivity index (χ3v) is 2.51. The maximum Gasteiger partial charge on any atom is 0.226 e. The largest absolute Gasteiger partial charge is 0.475 e. The van der Waals surface area contributed by atoms with Crippen LogP contribution in [0.1, 0.15) is 5.56 Å². The van der Waals surface area contributed by atoms with E-state index < -0.39 is 0 Å². The van der Waals surface area contributed by atoms with Crippen LogP contribution in [0.15, 0.2) is 30.6 Å². The van der Waals surface area contributed by atoms with Crippen LogP contribution < -0.4 is 10.5 Å². The van der Waals surface area contributed by atoms with Crippen LogP contribution in [0.4, 0.5) is 5.82 Å². The molecule has 1 heterocycles. The molecule has 0 aliphatic rings.